The van der Waals surface area contributed by atoms with E-state index in [1.165, 1.54) is 0 Å². The maximum Gasteiger partial charge on any atom is 0.433 e. The zero-order valence-electron chi connectivity index (χ0n) is 7.92. The fourth-order valence-corrected chi connectivity index (χ4v) is 1.14. The standard InChI is InChI=1S/C8H5F5N2O2/c9-5(10)2-1-3(8(11,12)13)15-6(14)4(2)7(16)17/h1,5H,(H2,14,15)(H,16,17). The van der Waals surface area contributed by atoms with E-state index in [0.717, 1.165) is 0 Å². The zero-order valence-corrected chi connectivity index (χ0v) is 7.92. The van der Waals surface area contributed by atoms with Crippen molar-refractivity contribution >= 4 is 11.8 Å². The van der Waals surface area contributed by atoms with E-state index in [-0.39, 0.29) is 6.07 Å². The van der Waals surface area contributed by atoms with E-state index in [0.29, 0.717) is 0 Å². The molecule has 0 aliphatic rings. The van der Waals surface area contributed by atoms with Crippen molar-refractivity contribution in [3.63, 3.8) is 0 Å². The molecular formula is C8H5F5N2O2. The maximum atomic E-state index is 12.4. The molecule has 0 unspecified atom stereocenters. The molecule has 4 nitrogen and oxygen atoms in total. The highest BCUT2D eigenvalue weighted by Gasteiger charge is 2.36. The highest BCUT2D eigenvalue weighted by Crippen LogP contribution is 2.34. The summed E-state index contributed by atoms with van der Waals surface area (Å²) in [5.41, 5.74) is 0.850. The lowest BCUT2D eigenvalue weighted by atomic mass is 10.1. The van der Waals surface area contributed by atoms with Gasteiger partial charge in [-0.3, -0.25) is 0 Å². The SMILES string of the molecule is Nc1nc(C(F)(F)F)cc(C(F)F)c1C(=O)O. The van der Waals surface area contributed by atoms with Crippen LogP contribution < -0.4 is 5.73 Å². The van der Waals surface area contributed by atoms with Crippen LogP contribution >= 0.6 is 0 Å². The molecule has 0 aliphatic carbocycles. The summed E-state index contributed by atoms with van der Waals surface area (Å²) in [7, 11) is 0. The van der Waals surface area contributed by atoms with Crippen LogP contribution in [0.25, 0.3) is 0 Å². The summed E-state index contributed by atoms with van der Waals surface area (Å²) < 4.78 is 61.5. The summed E-state index contributed by atoms with van der Waals surface area (Å²) in [6.07, 6.45) is -8.37. The first-order valence-electron chi connectivity index (χ1n) is 4.03. The van der Waals surface area contributed by atoms with Gasteiger partial charge in [-0.15, -0.1) is 0 Å². The van der Waals surface area contributed by atoms with Crippen LogP contribution in [0.1, 0.15) is 28.0 Å². The van der Waals surface area contributed by atoms with Crippen molar-refractivity contribution < 1.29 is 31.9 Å². The van der Waals surface area contributed by atoms with Gasteiger partial charge in [0.2, 0.25) is 0 Å². The molecule has 1 rings (SSSR count). The first-order chi connectivity index (χ1) is 7.64. The summed E-state index contributed by atoms with van der Waals surface area (Å²) in [6.45, 7) is 0. The Morgan fingerprint density at radius 1 is 1.41 bits per heavy atom. The number of rotatable bonds is 2. The third-order valence-corrected chi connectivity index (χ3v) is 1.82. The fourth-order valence-electron chi connectivity index (χ4n) is 1.14. The van der Waals surface area contributed by atoms with Gasteiger partial charge >= 0.3 is 12.1 Å². The lowest BCUT2D eigenvalue weighted by Gasteiger charge is -2.12. The van der Waals surface area contributed by atoms with E-state index >= 15 is 0 Å². The van der Waals surface area contributed by atoms with E-state index in [1.807, 2.05) is 0 Å². The minimum absolute atomic E-state index is 0.0233. The van der Waals surface area contributed by atoms with Crippen molar-refractivity contribution in [3.8, 4) is 0 Å². The third kappa shape index (κ3) is 2.60. The number of hydrogen-bond donors (Lipinski definition) is 2. The molecule has 0 amide bonds. The monoisotopic (exact) mass is 256 g/mol. The van der Waals surface area contributed by atoms with Crippen LogP contribution in [-0.2, 0) is 6.18 Å². The largest absolute Gasteiger partial charge is 0.478 e. The minimum Gasteiger partial charge on any atom is -0.478 e. The van der Waals surface area contributed by atoms with E-state index < -0.39 is 41.2 Å². The second-order valence-corrected chi connectivity index (χ2v) is 2.96. The smallest absolute Gasteiger partial charge is 0.433 e. The average molecular weight is 256 g/mol. The van der Waals surface area contributed by atoms with Crippen molar-refractivity contribution in [3.05, 3.63) is 22.9 Å². The highest BCUT2D eigenvalue weighted by molar-refractivity contribution is 5.94. The van der Waals surface area contributed by atoms with Gasteiger partial charge in [-0.25, -0.2) is 18.6 Å². The van der Waals surface area contributed by atoms with Crippen molar-refractivity contribution in [1.29, 1.82) is 0 Å². The number of carboxylic acid groups (broad SMARTS) is 1. The van der Waals surface area contributed by atoms with Gasteiger partial charge in [-0.05, 0) is 6.07 Å². The fraction of sp³-hybridized carbons (Fsp3) is 0.250. The van der Waals surface area contributed by atoms with Crippen molar-refractivity contribution in [2.24, 2.45) is 0 Å². The number of nitrogens with zero attached hydrogens (tertiary/aromatic N) is 1. The van der Waals surface area contributed by atoms with Gasteiger partial charge in [0.15, 0.2) is 0 Å². The Hall–Kier alpha value is -1.93. The molecule has 0 atom stereocenters. The molecule has 3 N–H and O–H groups in total. The number of anilines is 1. The second kappa shape index (κ2) is 4.15. The van der Waals surface area contributed by atoms with Gasteiger partial charge in [0.25, 0.3) is 6.43 Å². The van der Waals surface area contributed by atoms with E-state index in [9.17, 15) is 26.7 Å². The summed E-state index contributed by atoms with van der Waals surface area (Å²) in [6, 6.07) is -0.0233. The van der Waals surface area contributed by atoms with Crippen molar-refractivity contribution in [2.45, 2.75) is 12.6 Å². The molecule has 0 spiro atoms. The molecule has 0 aromatic carbocycles. The molecule has 0 fully saturated rings. The van der Waals surface area contributed by atoms with Crippen molar-refractivity contribution in [1.82, 2.24) is 4.98 Å². The Labute approximate surface area is 90.9 Å². The van der Waals surface area contributed by atoms with Crippen LogP contribution in [0.4, 0.5) is 27.8 Å². The van der Waals surface area contributed by atoms with Crippen LogP contribution in [0.15, 0.2) is 6.07 Å². The van der Waals surface area contributed by atoms with Gasteiger partial charge in [0.1, 0.15) is 17.1 Å². The molecule has 1 aromatic heterocycles. The number of hydrogen-bond acceptors (Lipinski definition) is 3. The summed E-state index contributed by atoms with van der Waals surface area (Å²) in [4.78, 5) is 13.3. The predicted octanol–water partition coefficient (Wildman–Crippen LogP) is 2.32. The lowest BCUT2D eigenvalue weighted by molar-refractivity contribution is -0.141. The molecule has 0 bridgehead atoms. The molecule has 9 heteroatoms. The Bertz CT molecular complexity index is 458. The number of aromatic carboxylic acids is 1. The summed E-state index contributed by atoms with van der Waals surface area (Å²) >= 11 is 0. The molecule has 0 aliphatic heterocycles. The number of pyridine rings is 1. The number of carboxylic acids is 1. The topological polar surface area (TPSA) is 76.2 Å². The van der Waals surface area contributed by atoms with Crippen LogP contribution in [0, 0.1) is 0 Å². The van der Waals surface area contributed by atoms with Gasteiger partial charge in [-0.1, -0.05) is 0 Å². The molecular weight excluding hydrogens is 251 g/mol. The molecule has 0 saturated heterocycles. The van der Waals surface area contributed by atoms with Crippen LogP contribution in [0.5, 0.6) is 0 Å². The Balaban J connectivity index is 3.52. The van der Waals surface area contributed by atoms with Gasteiger partial charge in [-0.2, -0.15) is 13.2 Å². The van der Waals surface area contributed by atoms with Crippen LogP contribution in [-0.4, -0.2) is 16.1 Å². The molecule has 1 aromatic rings. The third-order valence-electron chi connectivity index (χ3n) is 1.82. The van der Waals surface area contributed by atoms with Gasteiger partial charge < -0.3 is 10.8 Å². The molecule has 0 saturated carbocycles. The van der Waals surface area contributed by atoms with E-state index in [1.54, 1.807) is 0 Å². The number of aromatic nitrogens is 1. The second-order valence-electron chi connectivity index (χ2n) is 2.96. The Kier molecular flexibility index (Phi) is 3.21. The molecule has 0 radical (unpaired) electrons. The minimum atomic E-state index is -4.98. The van der Waals surface area contributed by atoms with E-state index in [4.69, 9.17) is 10.8 Å². The number of carbonyl (C=O) groups is 1. The van der Waals surface area contributed by atoms with Gasteiger partial charge in [0.05, 0.1) is 0 Å². The highest BCUT2D eigenvalue weighted by atomic mass is 19.4. The summed E-state index contributed by atoms with van der Waals surface area (Å²) in [5.74, 6) is -2.96. The molecule has 94 valence electrons. The number of alkyl halides is 5. The number of nitrogens with two attached hydrogens (primary N) is 1. The average Bonchev–Trinajstić information content (AvgIpc) is 2.13. The predicted molar refractivity (Wildman–Crippen MR) is 45.6 cm³/mol. The maximum absolute atomic E-state index is 12.4. The van der Waals surface area contributed by atoms with Crippen LogP contribution in [0.2, 0.25) is 0 Å². The van der Waals surface area contributed by atoms with Crippen molar-refractivity contribution in [2.75, 3.05) is 5.73 Å². The van der Waals surface area contributed by atoms with Gasteiger partial charge in [0, 0.05) is 5.56 Å². The quantitative estimate of drug-likeness (QED) is 0.796. The summed E-state index contributed by atoms with van der Waals surface area (Å²) in [5, 5.41) is 8.55. The van der Waals surface area contributed by atoms with Crippen LogP contribution in [0.3, 0.4) is 0 Å². The first kappa shape index (κ1) is 13.1. The first-order valence-corrected chi connectivity index (χ1v) is 4.03. The Morgan fingerprint density at radius 3 is 2.29 bits per heavy atom. The number of halogens is 5. The number of nitrogen functional groups attached to an aromatic ring is 1. The molecule has 17 heavy (non-hydrogen) atoms. The Morgan fingerprint density at radius 2 is 1.94 bits per heavy atom. The zero-order chi connectivity index (χ0) is 13.4. The molecule has 1 heterocycles. The van der Waals surface area contributed by atoms with E-state index in [2.05, 4.69) is 4.98 Å². The normalized spacial score (nSPS) is 11.9. The lowest BCUT2D eigenvalue weighted by Crippen LogP contribution is -2.16.